The molecule has 1 heterocycles. The van der Waals surface area contributed by atoms with E-state index in [1.807, 2.05) is 0 Å². The molecule has 86 valence electrons. The van der Waals surface area contributed by atoms with Crippen molar-refractivity contribution >= 4 is 11.3 Å². The van der Waals surface area contributed by atoms with Gasteiger partial charge >= 0.3 is 0 Å². The molecule has 0 aromatic carbocycles. The van der Waals surface area contributed by atoms with Crippen LogP contribution in [0.15, 0.2) is 0 Å². The number of hydrogen-bond donors (Lipinski definition) is 1. The summed E-state index contributed by atoms with van der Waals surface area (Å²) in [4.78, 5) is 5.78. The van der Waals surface area contributed by atoms with E-state index < -0.39 is 0 Å². The van der Waals surface area contributed by atoms with Crippen molar-refractivity contribution in [3.05, 3.63) is 15.6 Å². The predicted molar refractivity (Wildman–Crippen MR) is 64.5 cm³/mol. The molecule has 15 heavy (non-hydrogen) atoms. The zero-order chi connectivity index (χ0) is 11.3. The van der Waals surface area contributed by atoms with Crippen molar-refractivity contribution in [3.63, 3.8) is 0 Å². The second-order valence-corrected chi connectivity index (χ2v) is 4.94. The van der Waals surface area contributed by atoms with Gasteiger partial charge in [0.25, 0.3) is 0 Å². The molecule has 0 fully saturated rings. The van der Waals surface area contributed by atoms with Gasteiger partial charge < -0.3 is 10.1 Å². The maximum Gasteiger partial charge on any atom is 0.0900 e. The second-order valence-electron chi connectivity index (χ2n) is 3.70. The first-order chi connectivity index (χ1) is 7.15. The quantitative estimate of drug-likeness (QED) is 0.759. The average Bonchev–Trinajstić information content (AvgIpc) is 2.52. The first-order valence-electron chi connectivity index (χ1n) is 5.31. The van der Waals surface area contributed by atoms with Crippen molar-refractivity contribution in [2.45, 2.75) is 33.2 Å². The third-order valence-electron chi connectivity index (χ3n) is 2.31. The number of nitrogens with zero attached hydrogens (tertiary/aromatic N) is 1. The van der Waals surface area contributed by atoms with E-state index in [-0.39, 0.29) is 0 Å². The summed E-state index contributed by atoms with van der Waals surface area (Å²) >= 11 is 1.78. The third kappa shape index (κ3) is 3.89. The Kier molecular flexibility index (Phi) is 5.22. The number of rotatable bonds is 6. The molecule has 0 aliphatic heterocycles. The van der Waals surface area contributed by atoms with Gasteiger partial charge in [0.05, 0.1) is 10.7 Å². The topological polar surface area (TPSA) is 34.1 Å². The number of aromatic nitrogens is 1. The number of ether oxygens (including phenoxy) is 1. The van der Waals surface area contributed by atoms with Crippen molar-refractivity contribution in [1.82, 2.24) is 10.3 Å². The molecule has 4 heteroatoms. The fraction of sp³-hybridized carbons (Fsp3) is 0.727. The summed E-state index contributed by atoms with van der Waals surface area (Å²) in [5.41, 5.74) is 1.16. The fourth-order valence-corrected chi connectivity index (χ4v) is 2.53. The summed E-state index contributed by atoms with van der Waals surface area (Å²) in [7, 11) is 1.74. The van der Waals surface area contributed by atoms with E-state index in [1.165, 1.54) is 4.88 Å². The zero-order valence-electron chi connectivity index (χ0n) is 9.96. The summed E-state index contributed by atoms with van der Waals surface area (Å²) in [6, 6.07) is 0.396. The van der Waals surface area contributed by atoms with Crippen LogP contribution in [0.25, 0.3) is 0 Å². The van der Waals surface area contributed by atoms with Crippen LogP contribution in [0.1, 0.15) is 35.0 Å². The molecule has 1 atom stereocenters. The van der Waals surface area contributed by atoms with Gasteiger partial charge in [-0.05, 0) is 33.7 Å². The van der Waals surface area contributed by atoms with Gasteiger partial charge in [0.1, 0.15) is 0 Å². The largest absolute Gasteiger partial charge is 0.385 e. The average molecular weight is 228 g/mol. The zero-order valence-corrected chi connectivity index (χ0v) is 10.8. The molecular weight excluding hydrogens is 208 g/mol. The minimum absolute atomic E-state index is 0.396. The van der Waals surface area contributed by atoms with Crippen molar-refractivity contribution in [2.24, 2.45) is 0 Å². The lowest BCUT2D eigenvalue weighted by molar-refractivity contribution is 0.193. The van der Waals surface area contributed by atoms with Crippen LogP contribution in [0.4, 0.5) is 0 Å². The SMILES string of the molecule is COCCCNC(C)c1sc(C)nc1C. The Morgan fingerprint density at radius 3 is 2.73 bits per heavy atom. The van der Waals surface area contributed by atoms with Crippen LogP contribution in [-0.2, 0) is 4.74 Å². The number of methoxy groups -OCH3 is 1. The second kappa shape index (κ2) is 6.20. The highest BCUT2D eigenvalue weighted by Crippen LogP contribution is 2.24. The Hall–Kier alpha value is -0.450. The molecule has 1 aromatic heterocycles. The van der Waals surface area contributed by atoms with Crippen LogP contribution >= 0.6 is 11.3 Å². The molecule has 0 spiro atoms. The van der Waals surface area contributed by atoms with E-state index in [9.17, 15) is 0 Å². The van der Waals surface area contributed by atoms with E-state index in [1.54, 1.807) is 18.4 Å². The number of nitrogens with one attached hydrogen (secondary N) is 1. The lowest BCUT2D eigenvalue weighted by atomic mass is 10.2. The van der Waals surface area contributed by atoms with E-state index in [4.69, 9.17) is 4.74 Å². The van der Waals surface area contributed by atoms with Crippen LogP contribution in [0.5, 0.6) is 0 Å². The normalized spacial score (nSPS) is 13.1. The van der Waals surface area contributed by atoms with E-state index in [0.29, 0.717) is 6.04 Å². The number of thiazole rings is 1. The maximum atomic E-state index is 5.01. The molecule has 0 aliphatic rings. The molecule has 1 aromatic rings. The van der Waals surface area contributed by atoms with Crippen molar-refractivity contribution in [1.29, 1.82) is 0 Å². The summed E-state index contributed by atoms with van der Waals surface area (Å²) < 4.78 is 5.01. The maximum absolute atomic E-state index is 5.01. The Labute approximate surface area is 95.9 Å². The van der Waals surface area contributed by atoms with Crippen LogP contribution in [0.3, 0.4) is 0 Å². The minimum atomic E-state index is 0.396. The van der Waals surface area contributed by atoms with Crippen LogP contribution < -0.4 is 5.32 Å². The van der Waals surface area contributed by atoms with E-state index in [2.05, 4.69) is 31.1 Å². The molecule has 0 radical (unpaired) electrons. The van der Waals surface area contributed by atoms with Gasteiger partial charge in [-0.25, -0.2) is 4.98 Å². The van der Waals surface area contributed by atoms with Gasteiger partial charge in [0.2, 0.25) is 0 Å². The predicted octanol–water partition coefficient (Wildman–Crippen LogP) is 2.45. The molecule has 0 saturated heterocycles. The minimum Gasteiger partial charge on any atom is -0.385 e. The van der Waals surface area contributed by atoms with E-state index in [0.717, 1.165) is 30.3 Å². The molecule has 1 rings (SSSR count). The van der Waals surface area contributed by atoms with Crippen LogP contribution in [0, 0.1) is 13.8 Å². The van der Waals surface area contributed by atoms with Crippen LogP contribution in [0.2, 0.25) is 0 Å². The molecule has 3 nitrogen and oxygen atoms in total. The Bertz CT molecular complexity index is 299. The van der Waals surface area contributed by atoms with Gasteiger partial charge in [-0.2, -0.15) is 0 Å². The molecule has 0 saturated carbocycles. The first-order valence-corrected chi connectivity index (χ1v) is 6.13. The summed E-state index contributed by atoms with van der Waals surface area (Å²) in [5, 5.41) is 4.62. The van der Waals surface area contributed by atoms with Gasteiger partial charge in [0, 0.05) is 24.6 Å². The van der Waals surface area contributed by atoms with Gasteiger partial charge in [0.15, 0.2) is 0 Å². The first kappa shape index (κ1) is 12.6. The lowest BCUT2D eigenvalue weighted by Gasteiger charge is -2.12. The Balaban J connectivity index is 2.39. The smallest absolute Gasteiger partial charge is 0.0900 e. The lowest BCUT2D eigenvalue weighted by Crippen LogP contribution is -2.20. The Morgan fingerprint density at radius 1 is 1.47 bits per heavy atom. The molecule has 0 bridgehead atoms. The molecular formula is C11H20N2OS. The standard InChI is InChI=1S/C11H20N2OS/c1-8(12-6-5-7-14-4)11-9(2)13-10(3)15-11/h8,12H,5-7H2,1-4H3. The monoisotopic (exact) mass is 228 g/mol. The molecule has 1 unspecified atom stereocenters. The van der Waals surface area contributed by atoms with E-state index >= 15 is 0 Å². The molecule has 1 N–H and O–H groups in total. The highest BCUT2D eigenvalue weighted by atomic mass is 32.1. The highest BCUT2D eigenvalue weighted by Gasteiger charge is 2.11. The van der Waals surface area contributed by atoms with Crippen molar-refractivity contribution in [3.8, 4) is 0 Å². The third-order valence-corrected chi connectivity index (χ3v) is 3.56. The van der Waals surface area contributed by atoms with Crippen molar-refractivity contribution < 1.29 is 4.74 Å². The van der Waals surface area contributed by atoms with Gasteiger partial charge in [-0.15, -0.1) is 11.3 Å². The van der Waals surface area contributed by atoms with Gasteiger partial charge in [-0.1, -0.05) is 0 Å². The van der Waals surface area contributed by atoms with Crippen LogP contribution in [-0.4, -0.2) is 25.2 Å². The highest BCUT2D eigenvalue weighted by molar-refractivity contribution is 7.11. The number of aryl methyl sites for hydroxylation is 2. The molecule has 0 amide bonds. The fourth-order valence-electron chi connectivity index (χ4n) is 1.58. The molecule has 0 aliphatic carbocycles. The van der Waals surface area contributed by atoms with Gasteiger partial charge in [-0.3, -0.25) is 0 Å². The Morgan fingerprint density at radius 2 is 2.20 bits per heavy atom. The van der Waals surface area contributed by atoms with Crippen molar-refractivity contribution in [2.75, 3.05) is 20.3 Å². The summed E-state index contributed by atoms with van der Waals surface area (Å²) in [6.07, 6.45) is 1.05. The number of hydrogen-bond acceptors (Lipinski definition) is 4. The summed E-state index contributed by atoms with van der Waals surface area (Å²) in [6.45, 7) is 8.13. The summed E-state index contributed by atoms with van der Waals surface area (Å²) in [5.74, 6) is 0.